The van der Waals surface area contributed by atoms with Crippen LogP contribution in [0.4, 0.5) is 5.95 Å². The predicted octanol–water partition coefficient (Wildman–Crippen LogP) is 0.572. The molecule has 0 atom stereocenters. The average Bonchev–Trinajstić information content (AvgIpc) is 2.88. The Labute approximate surface area is 116 Å². The van der Waals surface area contributed by atoms with Gasteiger partial charge in [0.05, 0.1) is 13.7 Å². The van der Waals surface area contributed by atoms with Crippen molar-refractivity contribution in [2.24, 2.45) is 0 Å². The monoisotopic (exact) mass is 276 g/mol. The number of rotatable bonds is 7. The number of benzene rings is 1. The molecule has 0 radical (unpaired) electrons. The highest BCUT2D eigenvalue weighted by Crippen LogP contribution is 2.28. The van der Waals surface area contributed by atoms with Crippen molar-refractivity contribution in [2.75, 3.05) is 24.9 Å². The molecule has 1 heterocycles. The lowest BCUT2D eigenvalue weighted by Gasteiger charge is -2.11. The molecule has 1 aromatic heterocycles. The molecule has 0 aliphatic carbocycles. The van der Waals surface area contributed by atoms with E-state index >= 15 is 0 Å². The van der Waals surface area contributed by atoms with E-state index in [2.05, 4.69) is 27.5 Å². The normalized spacial score (nSPS) is 10.1. The van der Waals surface area contributed by atoms with Crippen LogP contribution in [0.1, 0.15) is 5.56 Å². The molecule has 0 aliphatic heterocycles. The van der Waals surface area contributed by atoms with E-state index in [-0.39, 0.29) is 5.95 Å². The van der Waals surface area contributed by atoms with Gasteiger partial charge in [0.1, 0.15) is 6.61 Å². The first-order valence-corrected chi connectivity index (χ1v) is 5.93. The van der Waals surface area contributed by atoms with Gasteiger partial charge in [-0.1, -0.05) is 23.8 Å². The summed E-state index contributed by atoms with van der Waals surface area (Å²) in [5.74, 6) is 1.51. The zero-order valence-corrected chi connectivity index (χ0v) is 11.1. The van der Waals surface area contributed by atoms with Crippen molar-refractivity contribution < 1.29 is 9.47 Å². The Morgan fingerprint density at radius 3 is 2.95 bits per heavy atom. The second kappa shape index (κ2) is 6.41. The molecule has 0 spiro atoms. The zero-order valence-electron chi connectivity index (χ0n) is 11.1. The minimum absolute atomic E-state index is 0.197. The van der Waals surface area contributed by atoms with Crippen LogP contribution in [0.15, 0.2) is 30.9 Å². The summed E-state index contributed by atoms with van der Waals surface area (Å²) in [6.07, 6.45) is 1.68. The summed E-state index contributed by atoms with van der Waals surface area (Å²) in [6.45, 7) is 4.52. The standard InChI is InChI=1S/C12H16N6O2/c1-3-6-20-10-5-4-9(7-11(10)19-2)8-14-18-12(13)15-16-17-18/h3-5,7,14H,1,6,8H2,2H3,(H2,13,15,17). The summed E-state index contributed by atoms with van der Waals surface area (Å²) in [5.41, 5.74) is 9.49. The van der Waals surface area contributed by atoms with E-state index in [0.717, 1.165) is 5.56 Å². The molecule has 1 aromatic carbocycles. The maximum Gasteiger partial charge on any atom is 0.260 e. The van der Waals surface area contributed by atoms with Crippen molar-refractivity contribution in [2.45, 2.75) is 6.54 Å². The Hall–Kier alpha value is -2.77. The molecule has 0 bridgehead atoms. The van der Waals surface area contributed by atoms with Gasteiger partial charge in [0.25, 0.3) is 5.95 Å². The van der Waals surface area contributed by atoms with E-state index in [1.165, 1.54) is 4.79 Å². The van der Waals surface area contributed by atoms with Gasteiger partial charge in [0.2, 0.25) is 0 Å². The highest BCUT2D eigenvalue weighted by atomic mass is 16.5. The van der Waals surface area contributed by atoms with Crippen LogP contribution < -0.4 is 20.6 Å². The van der Waals surface area contributed by atoms with Crippen molar-refractivity contribution in [3.8, 4) is 11.5 Å². The minimum Gasteiger partial charge on any atom is -0.493 e. The quantitative estimate of drug-likeness (QED) is 0.713. The fraction of sp³-hybridized carbons (Fsp3) is 0.250. The second-order valence-electron chi connectivity index (χ2n) is 3.87. The molecule has 0 saturated carbocycles. The molecular weight excluding hydrogens is 260 g/mol. The molecule has 0 fully saturated rings. The van der Waals surface area contributed by atoms with E-state index in [4.69, 9.17) is 15.2 Å². The fourth-order valence-corrected chi connectivity index (χ4v) is 1.56. The number of nitrogens with one attached hydrogen (secondary N) is 1. The topological polar surface area (TPSA) is 100 Å². The number of hydrogen-bond acceptors (Lipinski definition) is 7. The van der Waals surface area contributed by atoms with Crippen LogP contribution in [0, 0.1) is 0 Å². The van der Waals surface area contributed by atoms with Crippen LogP contribution >= 0.6 is 0 Å². The Balaban J connectivity index is 2.05. The number of nitrogens with zero attached hydrogens (tertiary/aromatic N) is 4. The summed E-state index contributed by atoms with van der Waals surface area (Å²) < 4.78 is 10.8. The lowest BCUT2D eigenvalue weighted by atomic mass is 10.2. The first-order valence-electron chi connectivity index (χ1n) is 5.93. The van der Waals surface area contributed by atoms with Gasteiger partial charge >= 0.3 is 0 Å². The number of aromatic nitrogens is 4. The summed E-state index contributed by atoms with van der Waals surface area (Å²) >= 11 is 0. The average molecular weight is 276 g/mol. The highest BCUT2D eigenvalue weighted by molar-refractivity contribution is 5.43. The molecule has 0 amide bonds. The third-order valence-electron chi connectivity index (χ3n) is 2.51. The maximum atomic E-state index is 5.55. The van der Waals surface area contributed by atoms with Crippen molar-refractivity contribution in [3.05, 3.63) is 36.4 Å². The maximum absolute atomic E-state index is 5.55. The first kappa shape index (κ1) is 13.7. The summed E-state index contributed by atoms with van der Waals surface area (Å²) in [7, 11) is 1.59. The molecule has 0 saturated heterocycles. The van der Waals surface area contributed by atoms with E-state index in [0.29, 0.717) is 24.7 Å². The van der Waals surface area contributed by atoms with E-state index in [1.54, 1.807) is 13.2 Å². The van der Waals surface area contributed by atoms with Crippen LogP contribution in [0.3, 0.4) is 0 Å². The molecule has 2 rings (SSSR count). The first-order chi connectivity index (χ1) is 9.74. The zero-order chi connectivity index (χ0) is 14.4. The molecule has 8 heteroatoms. The Bertz CT molecular complexity index is 583. The van der Waals surface area contributed by atoms with Crippen LogP contribution in [0.2, 0.25) is 0 Å². The molecule has 0 unspecified atom stereocenters. The van der Waals surface area contributed by atoms with Crippen LogP contribution in [0.5, 0.6) is 11.5 Å². The molecule has 8 nitrogen and oxygen atoms in total. The minimum atomic E-state index is 0.197. The number of anilines is 1. The molecule has 3 N–H and O–H groups in total. The van der Waals surface area contributed by atoms with Gasteiger partial charge in [0, 0.05) is 0 Å². The smallest absolute Gasteiger partial charge is 0.260 e. The van der Waals surface area contributed by atoms with Crippen LogP contribution in [-0.4, -0.2) is 34.0 Å². The number of ether oxygens (including phenoxy) is 2. The third-order valence-corrected chi connectivity index (χ3v) is 2.51. The van der Waals surface area contributed by atoms with Gasteiger partial charge in [-0.2, -0.15) is 0 Å². The fourth-order valence-electron chi connectivity index (χ4n) is 1.56. The summed E-state index contributed by atoms with van der Waals surface area (Å²) in [4.78, 5) is 1.30. The van der Waals surface area contributed by atoms with E-state index < -0.39 is 0 Å². The van der Waals surface area contributed by atoms with Gasteiger partial charge in [0.15, 0.2) is 11.5 Å². The summed E-state index contributed by atoms with van der Waals surface area (Å²) in [5, 5.41) is 10.7. The van der Waals surface area contributed by atoms with Gasteiger partial charge in [-0.25, -0.2) is 0 Å². The Morgan fingerprint density at radius 1 is 1.45 bits per heavy atom. The van der Waals surface area contributed by atoms with Gasteiger partial charge < -0.3 is 20.6 Å². The van der Waals surface area contributed by atoms with Crippen LogP contribution in [0.25, 0.3) is 0 Å². The van der Waals surface area contributed by atoms with Crippen molar-refractivity contribution in [1.82, 2.24) is 20.3 Å². The predicted molar refractivity (Wildman–Crippen MR) is 74.0 cm³/mol. The van der Waals surface area contributed by atoms with E-state index in [9.17, 15) is 0 Å². The lowest BCUT2D eigenvalue weighted by molar-refractivity contribution is 0.326. The number of hydrogen-bond donors (Lipinski definition) is 2. The molecule has 106 valence electrons. The third kappa shape index (κ3) is 3.16. The Morgan fingerprint density at radius 2 is 2.30 bits per heavy atom. The number of nitrogen functional groups attached to an aromatic ring is 1. The lowest BCUT2D eigenvalue weighted by Crippen LogP contribution is -2.18. The summed E-state index contributed by atoms with van der Waals surface area (Å²) in [6, 6.07) is 5.61. The van der Waals surface area contributed by atoms with Gasteiger partial charge in [-0.15, -0.1) is 4.79 Å². The molecule has 0 aliphatic rings. The van der Waals surface area contributed by atoms with Gasteiger partial charge in [-0.05, 0) is 28.1 Å². The van der Waals surface area contributed by atoms with Gasteiger partial charge in [-0.3, -0.25) is 0 Å². The highest BCUT2D eigenvalue weighted by Gasteiger charge is 2.06. The number of nitrogens with two attached hydrogens (primary N) is 1. The largest absolute Gasteiger partial charge is 0.493 e. The SMILES string of the molecule is C=CCOc1ccc(CNn2nnnc2N)cc1OC. The molecule has 2 aromatic rings. The Kier molecular flexibility index (Phi) is 4.38. The van der Waals surface area contributed by atoms with Crippen LogP contribution in [-0.2, 0) is 6.54 Å². The second-order valence-corrected chi connectivity index (χ2v) is 3.87. The van der Waals surface area contributed by atoms with Crippen molar-refractivity contribution in [1.29, 1.82) is 0 Å². The van der Waals surface area contributed by atoms with Crippen molar-refractivity contribution in [3.63, 3.8) is 0 Å². The molecular formula is C12H16N6O2. The molecule has 20 heavy (non-hydrogen) atoms. The van der Waals surface area contributed by atoms with E-state index in [1.807, 2.05) is 18.2 Å². The number of methoxy groups -OCH3 is 1. The van der Waals surface area contributed by atoms with Crippen molar-refractivity contribution >= 4 is 5.95 Å². The number of tetrazole rings is 1.